The average Bonchev–Trinajstić information content (AvgIpc) is 2.30. The Morgan fingerprint density at radius 1 is 1.39 bits per heavy atom. The molecule has 6 heteroatoms. The van der Waals surface area contributed by atoms with Crippen LogP contribution in [-0.2, 0) is 9.59 Å². The van der Waals surface area contributed by atoms with Crippen LogP contribution in [0.15, 0.2) is 18.2 Å². The summed E-state index contributed by atoms with van der Waals surface area (Å²) in [5, 5.41) is 14.6. The minimum Gasteiger partial charge on any atom is -0.506 e. The Kier molecular flexibility index (Phi) is 4.53. The second kappa shape index (κ2) is 5.90. The van der Waals surface area contributed by atoms with Crippen LogP contribution < -0.4 is 15.4 Å². The Bertz CT molecular complexity index is 459. The van der Waals surface area contributed by atoms with E-state index in [0.717, 1.165) is 0 Å². The predicted molar refractivity (Wildman–Crippen MR) is 66.6 cm³/mol. The van der Waals surface area contributed by atoms with Gasteiger partial charge in [0.1, 0.15) is 17.5 Å². The van der Waals surface area contributed by atoms with Gasteiger partial charge in [-0.05, 0) is 19.1 Å². The molecule has 2 amide bonds. The maximum absolute atomic E-state index is 11.5. The first-order valence-electron chi connectivity index (χ1n) is 5.39. The molecule has 1 rings (SSSR count). The minimum absolute atomic E-state index is 0.0307. The Balaban J connectivity index is 2.72. The van der Waals surface area contributed by atoms with Gasteiger partial charge in [0.2, 0.25) is 11.8 Å². The molecule has 0 unspecified atom stereocenters. The third-order valence-electron chi connectivity index (χ3n) is 2.27. The number of nitrogens with one attached hydrogen (secondary N) is 2. The number of ether oxygens (including phenoxy) is 1. The molecule has 0 saturated heterocycles. The van der Waals surface area contributed by atoms with Gasteiger partial charge in [-0.2, -0.15) is 0 Å². The normalized spacial score (nSPS) is 11.5. The van der Waals surface area contributed by atoms with Crippen molar-refractivity contribution >= 4 is 17.5 Å². The molecule has 1 aromatic rings. The number of rotatable bonds is 4. The fraction of sp³-hybridized carbons (Fsp3) is 0.333. The number of phenols is 1. The van der Waals surface area contributed by atoms with Gasteiger partial charge in [-0.3, -0.25) is 14.9 Å². The summed E-state index contributed by atoms with van der Waals surface area (Å²) in [6.45, 7) is 2.84. The molecule has 1 aromatic carbocycles. The highest BCUT2D eigenvalue weighted by Crippen LogP contribution is 2.28. The summed E-state index contributed by atoms with van der Waals surface area (Å²) < 4.78 is 4.94. The van der Waals surface area contributed by atoms with E-state index in [1.807, 2.05) is 0 Å². The molecule has 0 aliphatic carbocycles. The number of phenolic OH excluding ortho intramolecular Hbond substituents is 1. The molecule has 0 spiro atoms. The molecule has 0 aliphatic heterocycles. The molecule has 3 N–H and O–H groups in total. The summed E-state index contributed by atoms with van der Waals surface area (Å²) in [5.41, 5.74) is 0.391. The lowest BCUT2D eigenvalue weighted by Gasteiger charge is -2.15. The number of methoxy groups -OCH3 is 1. The molecule has 0 radical (unpaired) electrons. The molecule has 0 bridgehead atoms. The van der Waals surface area contributed by atoms with Gasteiger partial charge in [0.25, 0.3) is 0 Å². The van der Waals surface area contributed by atoms with E-state index in [1.165, 1.54) is 20.1 Å². The lowest BCUT2D eigenvalue weighted by molar-refractivity contribution is -0.129. The van der Waals surface area contributed by atoms with Crippen molar-refractivity contribution in [1.29, 1.82) is 0 Å². The van der Waals surface area contributed by atoms with E-state index in [0.29, 0.717) is 11.4 Å². The van der Waals surface area contributed by atoms with Gasteiger partial charge in [-0.15, -0.1) is 0 Å². The van der Waals surface area contributed by atoms with Crippen molar-refractivity contribution in [3.8, 4) is 11.5 Å². The quantitative estimate of drug-likeness (QED) is 0.692. The third kappa shape index (κ3) is 3.65. The van der Waals surface area contributed by atoms with Gasteiger partial charge in [-0.1, -0.05) is 0 Å². The van der Waals surface area contributed by atoms with Crippen molar-refractivity contribution in [3.05, 3.63) is 18.2 Å². The summed E-state index contributed by atoms with van der Waals surface area (Å²) in [4.78, 5) is 22.2. The number of carbonyl (C=O) groups excluding carboxylic acids is 2. The Labute approximate surface area is 105 Å². The van der Waals surface area contributed by atoms with Crippen molar-refractivity contribution in [2.45, 2.75) is 19.9 Å². The maximum Gasteiger partial charge on any atom is 0.248 e. The first-order valence-corrected chi connectivity index (χ1v) is 5.39. The summed E-state index contributed by atoms with van der Waals surface area (Å²) in [7, 11) is 1.49. The molecule has 0 fully saturated rings. The molecular weight excluding hydrogens is 236 g/mol. The highest BCUT2D eigenvalue weighted by Gasteiger charge is 2.15. The molecule has 0 aromatic heterocycles. The summed E-state index contributed by atoms with van der Waals surface area (Å²) in [6, 6.07) is 4.02. The number of imide groups is 1. The van der Waals surface area contributed by atoms with Crippen LogP contribution in [0.5, 0.6) is 11.5 Å². The Morgan fingerprint density at radius 2 is 2.06 bits per heavy atom. The molecule has 6 nitrogen and oxygen atoms in total. The number of amides is 2. The highest BCUT2D eigenvalue weighted by molar-refractivity contribution is 5.97. The zero-order chi connectivity index (χ0) is 13.7. The molecule has 0 aliphatic rings. The number of aromatic hydroxyl groups is 1. The summed E-state index contributed by atoms with van der Waals surface area (Å²) in [6.07, 6.45) is 0. The van der Waals surface area contributed by atoms with Crippen molar-refractivity contribution in [2.75, 3.05) is 12.4 Å². The SMILES string of the molecule is COc1ccc(N[C@@H](C)C(=O)NC(C)=O)c(O)c1. The van der Waals surface area contributed by atoms with Crippen LogP contribution in [0.1, 0.15) is 13.8 Å². The fourth-order valence-corrected chi connectivity index (χ4v) is 1.34. The molecule has 1 atom stereocenters. The van der Waals surface area contributed by atoms with Gasteiger partial charge in [0.05, 0.1) is 12.8 Å². The lowest BCUT2D eigenvalue weighted by Crippen LogP contribution is -2.39. The standard InChI is InChI=1S/C12H16N2O4/c1-7(12(17)14-8(2)15)13-10-5-4-9(18-3)6-11(10)16/h4-7,13,16H,1-3H3,(H,14,15,17)/t7-/m0/s1. The van der Waals surface area contributed by atoms with Gasteiger partial charge in [-0.25, -0.2) is 0 Å². The number of anilines is 1. The van der Waals surface area contributed by atoms with Gasteiger partial charge in [0.15, 0.2) is 0 Å². The van der Waals surface area contributed by atoms with Crippen LogP contribution in [0.25, 0.3) is 0 Å². The van der Waals surface area contributed by atoms with Crippen molar-refractivity contribution in [2.24, 2.45) is 0 Å². The van der Waals surface area contributed by atoms with Crippen LogP contribution in [0.3, 0.4) is 0 Å². The number of hydrogen-bond acceptors (Lipinski definition) is 5. The zero-order valence-corrected chi connectivity index (χ0v) is 10.5. The fourth-order valence-electron chi connectivity index (χ4n) is 1.34. The highest BCUT2D eigenvalue weighted by atomic mass is 16.5. The molecule has 0 saturated carbocycles. The number of carbonyl (C=O) groups is 2. The van der Waals surface area contributed by atoms with E-state index in [1.54, 1.807) is 19.1 Å². The number of hydrogen-bond donors (Lipinski definition) is 3. The van der Waals surface area contributed by atoms with E-state index >= 15 is 0 Å². The van der Waals surface area contributed by atoms with E-state index in [2.05, 4.69) is 10.6 Å². The van der Waals surface area contributed by atoms with Crippen molar-refractivity contribution in [1.82, 2.24) is 5.32 Å². The molecular formula is C12H16N2O4. The van der Waals surface area contributed by atoms with E-state index in [9.17, 15) is 14.7 Å². The van der Waals surface area contributed by atoms with Crippen LogP contribution in [-0.4, -0.2) is 30.1 Å². The van der Waals surface area contributed by atoms with Crippen LogP contribution in [0.4, 0.5) is 5.69 Å². The van der Waals surface area contributed by atoms with E-state index in [-0.39, 0.29) is 5.75 Å². The van der Waals surface area contributed by atoms with E-state index < -0.39 is 17.9 Å². The average molecular weight is 252 g/mol. The third-order valence-corrected chi connectivity index (χ3v) is 2.27. The van der Waals surface area contributed by atoms with Crippen LogP contribution >= 0.6 is 0 Å². The van der Waals surface area contributed by atoms with Gasteiger partial charge >= 0.3 is 0 Å². The smallest absolute Gasteiger partial charge is 0.248 e. The monoisotopic (exact) mass is 252 g/mol. The lowest BCUT2D eigenvalue weighted by atomic mass is 10.2. The van der Waals surface area contributed by atoms with Crippen molar-refractivity contribution < 1.29 is 19.4 Å². The Morgan fingerprint density at radius 3 is 2.56 bits per heavy atom. The first kappa shape index (κ1) is 13.8. The maximum atomic E-state index is 11.5. The summed E-state index contributed by atoms with van der Waals surface area (Å²) >= 11 is 0. The molecule has 98 valence electrons. The number of benzene rings is 1. The Hall–Kier alpha value is -2.24. The van der Waals surface area contributed by atoms with Crippen LogP contribution in [0, 0.1) is 0 Å². The van der Waals surface area contributed by atoms with Gasteiger partial charge in [0, 0.05) is 13.0 Å². The second-order valence-electron chi connectivity index (χ2n) is 3.79. The van der Waals surface area contributed by atoms with Gasteiger partial charge < -0.3 is 15.2 Å². The predicted octanol–water partition coefficient (Wildman–Crippen LogP) is 0.864. The largest absolute Gasteiger partial charge is 0.506 e. The topological polar surface area (TPSA) is 87.7 Å². The zero-order valence-electron chi connectivity index (χ0n) is 10.5. The first-order chi connectivity index (χ1) is 8.43. The minimum atomic E-state index is -0.645. The molecule has 18 heavy (non-hydrogen) atoms. The van der Waals surface area contributed by atoms with Crippen LogP contribution in [0.2, 0.25) is 0 Å². The van der Waals surface area contributed by atoms with Crippen molar-refractivity contribution in [3.63, 3.8) is 0 Å². The second-order valence-corrected chi connectivity index (χ2v) is 3.79. The summed E-state index contributed by atoms with van der Waals surface area (Å²) in [5.74, 6) is -0.402. The van der Waals surface area contributed by atoms with E-state index in [4.69, 9.17) is 4.74 Å². The molecule has 0 heterocycles.